The van der Waals surface area contributed by atoms with Gasteiger partial charge in [-0.05, 0) is 49.4 Å². The van der Waals surface area contributed by atoms with E-state index in [-0.39, 0.29) is 25.7 Å². The Bertz CT molecular complexity index is 1750. The molecule has 5 atom stereocenters. The number of rotatable bonds is 66. The highest BCUT2D eigenvalue weighted by atomic mass is 31.2. The van der Waals surface area contributed by atoms with E-state index >= 15 is 0 Å². The fraction of sp³-hybridized carbons (Fsp3) is 0.942. The van der Waals surface area contributed by atoms with Gasteiger partial charge in [-0.1, -0.05) is 287 Å². The van der Waals surface area contributed by atoms with Crippen molar-refractivity contribution in [2.75, 3.05) is 39.6 Å². The van der Waals surface area contributed by atoms with Crippen LogP contribution in [0.15, 0.2) is 0 Å². The number of phosphoric ester groups is 2. The van der Waals surface area contributed by atoms with Gasteiger partial charge in [-0.3, -0.25) is 37.3 Å². The summed E-state index contributed by atoms with van der Waals surface area (Å²) in [6.45, 7) is 14.0. The highest BCUT2D eigenvalue weighted by Gasteiger charge is 2.30. The van der Waals surface area contributed by atoms with E-state index in [9.17, 15) is 43.2 Å². The van der Waals surface area contributed by atoms with Gasteiger partial charge in [0.25, 0.3) is 0 Å². The van der Waals surface area contributed by atoms with Gasteiger partial charge in [-0.15, -0.1) is 0 Å². The summed E-state index contributed by atoms with van der Waals surface area (Å²) in [5.41, 5.74) is 0. The predicted octanol–water partition coefficient (Wildman–Crippen LogP) is 19.3. The van der Waals surface area contributed by atoms with Crippen molar-refractivity contribution in [3.05, 3.63) is 0 Å². The van der Waals surface area contributed by atoms with Gasteiger partial charge < -0.3 is 33.8 Å². The van der Waals surface area contributed by atoms with Gasteiger partial charge in [0.05, 0.1) is 26.4 Å². The molecule has 0 saturated heterocycles. The van der Waals surface area contributed by atoms with E-state index in [2.05, 4.69) is 55.4 Å². The number of aliphatic hydroxyl groups excluding tert-OH is 1. The number of hydrogen-bond acceptors (Lipinski definition) is 15. The second-order valence-electron chi connectivity index (χ2n) is 26.8. The Kier molecular flexibility index (Phi) is 57.6. The maximum atomic E-state index is 13.0. The second-order valence-corrected chi connectivity index (χ2v) is 29.7. The summed E-state index contributed by atoms with van der Waals surface area (Å²) in [5.74, 6) is 0.753. The normalized spacial score (nSPS) is 14.3. The molecule has 3 N–H and O–H groups in total. The molecule has 88 heavy (non-hydrogen) atoms. The number of esters is 4. The van der Waals surface area contributed by atoms with Crippen LogP contribution in [0.3, 0.4) is 0 Å². The number of phosphoric acid groups is 2. The van der Waals surface area contributed by atoms with Gasteiger partial charge in [-0.25, -0.2) is 9.13 Å². The van der Waals surface area contributed by atoms with Gasteiger partial charge in [0.1, 0.15) is 19.3 Å². The smallest absolute Gasteiger partial charge is 0.462 e. The minimum Gasteiger partial charge on any atom is -0.462 e. The van der Waals surface area contributed by atoms with E-state index in [0.717, 1.165) is 109 Å². The molecule has 17 nitrogen and oxygen atoms in total. The molecule has 0 spiro atoms. The van der Waals surface area contributed by atoms with Crippen LogP contribution in [0.5, 0.6) is 0 Å². The molecular formula is C69H134O17P2. The number of hydrogen-bond donors (Lipinski definition) is 3. The Morgan fingerprint density at radius 1 is 0.284 bits per heavy atom. The Balaban J connectivity index is 5.17. The molecule has 0 aliphatic heterocycles. The Labute approximate surface area is 537 Å². The SMILES string of the molecule is CC(C)CCCCCCCCCCCCCCCCCCC(=O)O[C@H](COC(=O)CCCCCCCCC(C)C)COP(=O)(O)OCC(O)COP(=O)(O)OC[C@@H](COC(=O)CCCCCCCCCC(C)C)OC(=O)CCCCCCCCCC(C)C. The fourth-order valence-electron chi connectivity index (χ4n) is 10.3. The van der Waals surface area contributed by atoms with E-state index in [4.69, 9.17) is 37.0 Å². The lowest BCUT2D eigenvalue weighted by Gasteiger charge is -2.21. The van der Waals surface area contributed by atoms with Crippen LogP contribution in [0.25, 0.3) is 0 Å². The van der Waals surface area contributed by atoms with Crippen LogP contribution in [0.1, 0.15) is 338 Å². The molecule has 0 aromatic carbocycles. The van der Waals surface area contributed by atoms with Crippen LogP contribution in [-0.2, 0) is 65.4 Å². The second kappa shape index (κ2) is 58.8. The number of carbonyl (C=O) groups is 4. The van der Waals surface area contributed by atoms with Crippen LogP contribution in [-0.4, -0.2) is 96.7 Å². The minimum absolute atomic E-state index is 0.102. The zero-order chi connectivity index (χ0) is 65.4. The number of carbonyl (C=O) groups excluding carboxylic acids is 4. The fourth-order valence-corrected chi connectivity index (χ4v) is 11.9. The van der Waals surface area contributed by atoms with E-state index in [1.165, 1.54) is 128 Å². The number of ether oxygens (including phenoxy) is 4. The first-order valence-corrected chi connectivity index (χ1v) is 38.7. The van der Waals surface area contributed by atoms with Gasteiger partial charge in [0.15, 0.2) is 12.2 Å². The molecular weight excluding hydrogens is 1160 g/mol. The first-order chi connectivity index (χ1) is 42.1. The maximum absolute atomic E-state index is 13.0. The molecule has 0 fully saturated rings. The maximum Gasteiger partial charge on any atom is 0.472 e. The summed E-state index contributed by atoms with van der Waals surface area (Å²) in [6, 6.07) is 0. The lowest BCUT2D eigenvalue weighted by atomic mass is 10.0. The molecule has 0 bridgehead atoms. The van der Waals surface area contributed by atoms with Gasteiger partial charge in [0, 0.05) is 25.7 Å². The zero-order valence-electron chi connectivity index (χ0n) is 57.3. The molecule has 19 heteroatoms. The molecule has 0 radical (unpaired) electrons. The van der Waals surface area contributed by atoms with Crippen molar-refractivity contribution in [1.29, 1.82) is 0 Å². The molecule has 0 aliphatic rings. The number of unbranched alkanes of at least 4 members (excludes halogenated alkanes) is 32. The minimum atomic E-state index is -4.95. The molecule has 0 saturated carbocycles. The third-order valence-electron chi connectivity index (χ3n) is 15.8. The van der Waals surface area contributed by atoms with Crippen molar-refractivity contribution in [2.24, 2.45) is 23.7 Å². The topological polar surface area (TPSA) is 237 Å². The molecule has 0 rings (SSSR count). The average molecular weight is 1300 g/mol. The average Bonchev–Trinajstić information content (AvgIpc) is 3.63. The summed E-state index contributed by atoms with van der Waals surface area (Å²) in [6.07, 6.45) is 40.8. The first-order valence-electron chi connectivity index (χ1n) is 35.7. The van der Waals surface area contributed by atoms with Crippen molar-refractivity contribution in [3.8, 4) is 0 Å². The van der Waals surface area contributed by atoms with Crippen molar-refractivity contribution in [3.63, 3.8) is 0 Å². The third-order valence-corrected chi connectivity index (χ3v) is 17.7. The van der Waals surface area contributed by atoms with Crippen LogP contribution in [0, 0.1) is 23.7 Å². The Morgan fingerprint density at radius 3 is 0.705 bits per heavy atom. The summed E-state index contributed by atoms with van der Waals surface area (Å²) in [5, 5.41) is 10.6. The molecule has 0 aromatic rings. The van der Waals surface area contributed by atoms with Crippen molar-refractivity contribution >= 4 is 39.5 Å². The van der Waals surface area contributed by atoms with Crippen LogP contribution >= 0.6 is 15.6 Å². The Morgan fingerprint density at radius 2 is 0.477 bits per heavy atom. The molecule has 0 heterocycles. The lowest BCUT2D eigenvalue weighted by Crippen LogP contribution is -2.30. The van der Waals surface area contributed by atoms with E-state index < -0.39 is 97.5 Å². The van der Waals surface area contributed by atoms with Gasteiger partial charge in [-0.2, -0.15) is 0 Å². The van der Waals surface area contributed by atoms with Gasteiger partial charge in [0.2, 0.25) is 0 Å². The van der Waals surface area contributed by atoms with E-state index in [1.807, 2.05) is 0 Å². The summed E-state index contributed by atoms with van der Waals surface area (Å²) in [4.78, 5) is 72.4. The van der Waals surface area contributed by atoms with Crippen LogP contribution < -0.4 is 0 Å². The van der Waals surface area contributed by atoms with E-state index in [0.29, 0.717) is 43.4 Å². The van der Waals surface area contributed by atoms with Crippen molar-refractivity contribution < 1.29 is 80.2 Å². The predicted molar refractivity (Wildman–Crippen MR) is 354 cm³/mol. The molecule has 522 valence electrons. The van der Waals surface area contributed by atoms with Crippen molar-refractivity contribution in [1.82, 2.24) is 0 Å². The molecule has 0 aliphatic carbocycles. The van der Waals surface area contributed by atoms with E-state index in [1.54, 1.807) is 0 Å². The quantitative estimate of drug-likeness (QED) is 0.0222. The Hall–Kier alpha value is -1.94. The van der Waals surface area contributed by atoms with Crippen LogP contribution in [0.2, 0.25) is 0 Å². The number of aliphatic hydroxyl groups is 1. The third kappa shape index (κ3) is 62.8. The lowest BCUT2D eigenvalue weighted by molar-refractivity contribution is -0.161. The standard InChI is InChI=1S/C69H134O17P2/c1-59(2)45-37-29-21-17-15-13-11-9-10-12-14-16-18-24-35-43-51-68(73)85-65(56-80-67(72)50-42-34-28-27-32-40-48-62(7)8)58-84-88(77,78)82-54-63(70)53-81-87(75,76)83-57-64(86-69(74)52-44-36-26-20-23-31-39-47-61(5)6)55-79-66(71)49-41-33-25-19-22-30-38-46-60(3)4/h59-65,70H,9-58H2,1-8H3,(H,75,76)(H,77,78)/t63?,64-,65-/m1/s1. The van der Waals surface area contributed by atoms with Crippen LogP contribution in [0.4, 0.5) is 0 Å². The molecule has 3 unspecified atom stereocenters. The molecule has 0 amide bonds. The highest BCUT2D eigenvalue weighted by molar-refractivity contribution is 7.47. The summed E-state index contributed by atoms with van der Waals surface area (Å²) < 4.78 is 68.1. The van der Waals surface area contributed by atoms with Gasteiger partial charge >= 0.3 is 39.5 Å². The summed E-state index contributed by atoms with van der Waals surface area (Å²) >= 11 is 0. The highest BCUT2D eigenvalue weighted by Crippen LogP contribution is 2.45. The largest absolute Gasteiger partial charge is 0.472 e. The first kappa shape index (κ1) is 86.1. The van der Waals surface area contributed by atoms with Crippen molar-refractivity contribution in [2.45, 2.75) is 356 Å². The summed E-state index contributed by atoms with van der Waals surface area (Å²) in [7, 11) is -9.90. The molecule has 0 aromatic heterocycles. The monoisotopic (exact) mass is 1300 g/mol. The zero-order valence-corrected chi connectivity index (χ0v) is 59.1.